The Morgan fingerprint density at radius 3 is 2.32 bits per heavy atom. The van der Waals surface area contributed by atoms with Gasteiger partial charge in [-0.2, -0.15) is 0 Å². The standard InChI is InChI=1S/C14H26F2O2S/c1-6-14(15,16)9-7-8-10-19-11(2)12(17)18-13(3,4)5/h11H,6-10H2,1-5H3. The van der Waals surface area contributed by atoms with Crippen LogP contribution in [-0.4, -0.2) is 28.5 Å². The molecule has 0 bridgehead atoms. The van der Waals surface area contributed by atoms with Gasteiger partial charge in [0, 0.05) is 12.8 Å². The smallest absolute Gasteiger partial charge is 0.319 e. The second-order valence-electron chi connectivity index (χ2n) is 5.71. The Hall–Kier alpha value is -0.320. The van der Waals surface area contributed by atoms with Crippen molar-refractivity contribution in [1.29, 1.82) is 0 Å². The Bertz CT molecular complexity index is 275. The van der Waals surface area contributed by atoms with Crippen molar-refractivity contribution in [3.05, 3.63) is 0 Å². The molecule has 0 aliphatic rings. The molecule has 5 heteroatoms. The van der Waals surface area contributed by atoms with Crippen LogP contribution in [0.25, 0.3) is 0 Å². The number of unbranched alkanes of at least 4 members (excludes halogenated alkanes) is 1. The highest BCUT2D eigenvalue weighted by Gasteiger charge is 2.25. The zero-order valence-corrected chi connectivity index (χ0v) is 13.4. The van der Waals surface area contributed by atoms with E-state index in [1.807, 2.05) is 20.8 Å². The fourth-order valence-corrected chi connectivity index (χ4v) is 2.28. The van der Waals surface area contributed by atoms with Crippen LogP contribution in [0, 0.1) is 0 Å². The van der Waals surface area contributed by atoms with Gasteiger partial charge in [0.1, 0.15) is 5.60 Å². The normalized spacial score (nSPS) is 14.3. The third-order valence-corrected chi connectivity index (χ3v) is 3.78. The summed E-state index contributed by atoms with van der Waals surface area (Å²) in [6.45, 7) is 8.78. The molecule has 0 aliphatic heterocycles. The molecule has 0 aromatic carbocycles. The summed E-state index contributed by atoms with van der Waals surface area (Å²) in [6, 6.07) is 0. The van der Waals surface area contributed by atoms with Gasteiger partial charge in [0.05, 0.1) is 5.25 Å². The van der Waals surface area contributed by atoms with Crippen LogP contribution in [0.4, 0.5) is 8.78 Å². The first-order valence-corrected chi connectivity index (χ1v) is 7.84. The van der Waals surface area contributed by atoms with Crippen LogP contribution in [0.1, 0.15) is 60.3 Å². The minimum absolute atomic E-state index is 0.0646. The molecule has 0 rings (SSSR count). The van der Waals surface area contributed by atoms with Gasteiger partial charge >= 0.3 is 5.97 Å². The molecule has 0 amide bonds. The second kappa shape index (κ2) is 8.08. The first-order chi connectivity index (χ1) is 8.57. The van der Waals surface area contributed by atoms with Crippen LogP contribution in [0.3, 0.4) is 0 Å². The molecule has 0 fully saturated rings. The van der Waals surface area contributed by atoms with E-state index in [-0.39, 0.29) is 24.1 Å². The van der Waals surface area contributed by atoms with Gasteiger partial charge in [-0.1, -0.05) is 6.92 Å². The summed E-state index contributed by atoms with van der Waals surface area (Å²) >= 11 is 1.46. The Kier molecular flexibility index (Phi) is 7.94. The molecule has 19 heavy (non-hydrogen) atoms. The molecule has 0 N–H and O–H groups in total. The summed E-state index contributed by atoms with van der Waals surface area (Å²) in [5.74, 6) is -2.07. The van der Waals surface area contributed by atoms with E-state index in [9.17, 15) is 13.6 Å². The van der Waals surface area contributed by atoms with Gasteiger partial charge in [-0.15, -0.1) is 11.8 Å². The Balaban J connectivity index is 3.75. The summed E-state index contributed by atoms with van der Waals surface area (Å²) < 4.78 is 31.2. The number of rotatable bonds is 8. The van der Waals surface area contributed by atoms with E-state index in [1.54, 1.807) is 6.92 Å². The summed E-state index contributed by atoms with van der Waals surface area (Å²) in [6.07, 6.45) is 1.03. The summed E-state index contributed by atoms with van der Waals surface area (Å²) in [4.78, 5) is 11.7. The van der Waals surface area contributed by atoms with Gasteiger partial charge in [-0.05, 0) is 46.3 Å². The van der Waals surface area contributed by atoms with Gasteiger partial charge in [0.15, 0.2) is 0 Å². The second-order valence-corrected chi connectivity index (χ2v) is 7.16. The molecule has 0 aromatic rings. The van der Waals surface area contributed by atoms with Crippen molar-refractivity contribution >= 4 is 17.7 Å². The maximum Gasteiger partial charge on any atom is 0.319 e. The molecule has 0 aromatic heterocycles. The zero-order valence-electron chi connectivity index (χ0n) is 12.6. The molecular weight excluding hydrogens is 270 g/mol. The number of thioether (sulfide) groups is 1. The lowest BCUT2D eigenvalue weighted by Gasteiger charge is -2.22. The van der Waals surface area contributed by atoms with Crippen LogP contribution in [0.15, 0.2) is 0 Å². The van der Waals surface area contributed by atoms with Crippen molar-refractivity contribution < 1.29 is 18.3 Å². The zero-order chi connectivity index (χ0) is 15.1. The predicted octanol–water partition coefficient (Wildman–Crippen LogP) is 4.67. The van der Waals surface area contributed by atoms with Crippen molar-refractivity contribution in [2.24, 2.45) is 0 Å². The van der Waals surface area contributed by atoms with E-state index in [2.05, 4.69) is 0 Å². The predicted molar refractivity (Wildman–Crippen MR) is 76.9 cm³/mol. The SMILES string of the molecule is CCC(F)(F)CCCCSC(C)C(=O)OC(C)(C)C. The van der Waals surface area contributed by atoms with Crippen LogP contribution in [0.5, 0.6) is 0 Å². The van der Waals surface area contributed by atoms with Crippen LogP contribution >= 0.6 is 11.8 Å². The van der Waals surface area contributed by atoms with Gasteiger partial charge in [0.25, 0.3) is 0 Å². The molecule has 0 saturated heterocycles. The van der Waals surface area contributed by atoms with E-state index in [1.165, 1.54) is 18.7 Å². The molecule has 2 nitrogen and oxygen atoms in total. The molecule has 0 spiro atoms. The number of carbonyl (C=O) groups is 1. The van der Waals surface area contributed by atoms with Gasteiger partial charge in [-0.3, -0.25) is 4.79 Å². The van der Waals surface area contributed by atoms with Gasteiger partial charge in [0.2, 0.25) is 5.92 Å². The monoisotopic (exact) mass is 296 g/mol. The summed E-state index contributed by atoms with van der Waals surface area (Å²) in [5, 5.41) is -0.245. The van der Waals surface area contributed by atoms with Crippen molar-refractivity contribution in [2.75, 3.05) is 5.75 Å². The number of hydrogen-bond donors (Lipinski definition) is 0. The topological polar surface area (TPSA) is 26.3 Å². The molecule has 0 heterocycles. The van der Waals surface area contributed by atoms with E-state index in [0.29, 0.717) is 18.6 Å². The first kappa shape index (κ1) is 18.7. The Labute approximate surface area is 119 Å². The number of ether oxygens (including phenoxy) is 1. The average molecular weight is 296 g/mol. The number of carbonyl (C=O) groups excluding carboxylic acids is 1. The fourth-order valence-electron chi connectivity index (χ4n) is 1.38. The highest BCUT2D eigenvalue weighted by molar-refractivity contribution is 8.00. The maximum atomic E-state index is 13.0. The van der Waals surface area contributed by atoms with Crippen molar-refractivity contribution in [3.63, 3.8) is 0 Å². The van der Waals surface area contributed by atoms with Crippen molar-refractivity contribution in [3.8, 4) is 0 Å². The molecule has 114 valence electrons. The van der Waals surface area contributed by atoms with E-state index >= 15 is 0 Å². The van der Waals surface area contributed by atoms with Crippen LogP contribution in [-0.2, 0) is 9.53 Å². The molecule has 0 saturated carbocycles. The Morgan fingerprint density at radius 2 is 1.84 bits per heavy atom. The van der Waals surface area contributed by atoms with Crippen LogP contribution in [0.2, 0.25) is 0 Å². The Morgan fingerprint density at radius 1 is 1.26 bits per heavy atom. The van der Waals surface area contributed by atoms with Crippen LogP contribution < -0.4 is 0 Å². The first-order valence-electron chi connectivity index (χ1n) is 6.79. The van der Waals surface area contributed by atoms with Gasteiger partial charge in [-0.25, -0.2) is 8.78 Å². The number of hydrogen-bond acceptors (Lipinski definition) is 3. The quantitative estimate of drug-likeness (QED) is 0.481. The number of halogens is 2. The van der Waals surface area contributed by atoms with E-state index in [0.717, 1.165) is 0 Å². The highest BCUT2D eigenvalue weighted by atomic mass is 32.2. The third kappa shape index (κ3) is 10.2. The average Bonchev–Trinajstić information content (AvgIpc) is 2.26. The van der Waals surface area contributed by atoms with E-state index < -0.39 is 11.5 Å². The minimum atomic E-state index is -2.54. The summed E-state index contributed by atoms with van der Waals surface area (Å²) in [7, 11) is 0. The fraction of sp³-hybridized carbons (Fsp3) is 0.929. The maximum absolute atomic E-state index is 13.0. The molecular formula is C14H26F2O2S. The molecule has 0 radical (unpaired) electrons. The van der Waals surface area contributed by atoms with Gasteiger partial charge < -0.3 is 4.74 Å². The lowest BCUT2D eigenvalue weighted by atomic mass is 10.1. The largest absolute Gasteiger partial charge is 0.459 e. The number of esters is 1. The molecule has 1 atom stereocenters. The third-order valence-electron chi connectivity index (χ3n) is 2.56. The molecule has 1 unspecified atom stereocenters. The molecule has 0 aliphatic carbocycles. The van der Waals surface area contributed by atoms with Crippen molar-refractivity contribution in [2.45, 2.75) is 77.1 Å². The minimum Gasteiger partial charge on any atom is -0.459 e. The highest BCUT2D eigenvalue weighted by Crippen LogP contribution is 2.25. The number of alkyl halides is 2. The van der Waals surface area contributed by atoms with Crippen molar-refractivity contribution in [1.82, 2.24) is 0 Å². The lowest BCUT2D eigenvalue weighted by molar-refractivity contribution is -0.153. The summed E-state index contributed by atoms with van der Waals surface area (Å²) in [5.41, 5.74) is -0.477. The lowest BCUT2D eigenvalue weighted by Crippen LogP contribution is -2.29. The van der Waals surface area contributed by atoms with E-state index in [4.69, 9.17) is 4.74 Å².